The van der Waals surface area contributed by atoms with Crippen LogP contribution in [-0.4, -0.2) is 61.8 Å². The van der Waals surface area contributed by atoms with E-state index in [1.807, 2.05) is 75.4 Å². The minimum absolute atomic E-state index is 0. The van der Waals surface area contributed by atoms with Gasteiger partial charge in [0, 0.05) is 22.2 Å². The topological polar surface area (TPSA) is 35.9 Å². The van der Waals surface area contributed by atoms with Crippen LogP contribution in [0.25, 0.3) is 0 Å². The van der Waals surface area contributed by atoms with E-state index >= 15 is 0 Å². The van der Waals surface area contributed by atoms with Gasteiger partial charge in [0.2, 0.25) is 0 Å². The predicted octanol–water partition coefficient (Wildman–Crippen LogP) is 2.73. The zero-order valence-electron chi connectivity index (χ0n) is 13.5. The van der Waals surface area contributed by atoms with Crippen molar-refractivity contribution in [2.24, 2.45) is 4.36 Å². The van der Waals surface area contributed by atoms with Crippen LogP contribution >= 0.6 is 17.0 Å². The summed E-state index contributed by atoms with van der Waals surface area (Å²) < 4.78 is 16.0. The standard InChI is InChI=1S/C11H18N2OS.C3H9N.BrH/c1-13(2)11(12-15(3,4)14)10-8-6-5-7-9-10;1-4(2)3;/h5-9,11H,1-4H3;1-3H3;1H. The molecule has 0 heterocycles. The SMILES string of the molecule is Br.CN(C)C.CN(C)C(N=S(C)(C)=O)c1ccccc1. The molecule has 4 nitrogen and oxygen atoms in total. The molecule has 1 unspecified atom stereocenters. The first kappa shape index (κ1) is 21.9. The average molecular weight is 366 g/mol. The predicted molar refractivity (Wildman–Crippen MR) is 95.2 cm³/mol. The van der Waals surface area contributed by atoms with Crippen LogP contribution in [0.4, 0.5) is 0 Å². The fourth-order valence-corrected chi connectivity index (χ4v) is 2.11. The van der Waals surface area contributed by atoms with Crippen LogP contribution < -0.4 is 0 Å². The molecule has 0 aromatic heterocycles. The van der Waals surface area contributed by atoms with Gasteiger partial charge in [0.1, 0.15) is 6.17 Å². The Morgan fingerprint density at radius 1 is 1.00 bits per heavy atom. The summed E-state index contributed by atoms with van der Waals surface area (Å²) in [5, 5.41) is 0. The molecule has 1 aromatic rings. The number of hydrogen-bond donors (Lipinski definition) is 0. The molecular weight excluding hydrogens is 338 g/mol. The third-order valence-corrected chi connectivity index (χ3v) is 2.65. The Labute approximate surface area is 135 Å². The van der Waals surface area contributed by atoms with Gasteiger partial charge >= 0.3 is 0 Å². The molecular formula is C14H28BrN3OS. The molecule has 1 rings (SSSR count). The Hall–Kier alpha value is -0.430. The van der Waals surface area contributed by atoms with E-state index in [1.54, 1.807) is 12.5 Å². The highest BCUT2D eigenvalue weighted by Gasteiger charge is 2.12. The molecule has 1 atom stereocenters. The number of halogens is 1. The number of hydrogen-bond acceptors (Lipinski definition) is 4. The zero-order valence-corrected chi connectivity index (χ0v) is 16.1. The largest absolute Gasteiger partial charge is 0.312 e. The number of benzene rings is 1. The van der Waals surface area contributed by atoms with Gasteiger partial charge in [-0.1, -0.05) is 30.3 Å². The van der Waals surface area contributed by atoms with E-state index in [4.69, 9.17) is 0 Å². The van der Waals surface area contributed by atoms with Crippen molar-refractivity contribution < 1.29 is 4.21 Å². The highest BCUT2D eigenvalue weighted by molar-refractivity contribution is 8.93. The van der Waals surface area contributed by atoms with E-state index in [9.17, 15) is 4.21 Å². The van der Waals surface area contributed by atoms with Gasteiger partial charge in [-0.2, -0.15) is 0 Å². The van der Waals surface area contributed by atoms with Crippen molar-refractivity contribution in [2.75, 3.05) is 47.7 Å². The molecule has 118 valence electrons. The van der Waals surface area contributed by atoms with Gasteiger partial charge in [0.15, 0.2) is 0 Å². The molecule has 0 fully saturated rings. The lowest BCUT2D eigenvalue weighted by molar-refractivity contribution is 0.311. The van der Waals surface area contributed by atoms with E-state index in [0.717, 1.165) is 5.56 Å². The smallest absolute Gasteiger partial charge is 0.137 e. The summed E-state index contributed by atoms with van der Waals surface area (Å²) in [6, 6.07) is 9.90. The molecule has 20 heavy (non-hydrogen) atoms. The lowest BCUT2D eigenvalue weighted by Gasteiger charge is -2.21. The first-order valence-corrected chi connectivity index (χ1v) is 8.45. The minimum atomic E-state index is -2.08. The molecule has 0 N–H and O–H groups in total. The maximum atomic E-state index is 11.7. The molecule has 0 aliphatic rings. The molecule has 0 saturated heterocycles. The van der Waals surface area contributed by atoms with Crippen LogP contribution in [0.5, 0.6) is 0 Å². The highest BCUT2D eigenvalue weighted by atomic mass is 79.9. The Morgan fingerprint density at radius 3 is 1.70 bits per heavy atom. The summed E-state index contributed by atoms with van der Waals surface area (Å²) in [5.74, 6) is 0. The van der Waals surface area contributed by atoms with Crippen LogP contribution in [0.2, 0.25) is 0 Å². The quantitative estimate of drug-likeness (QED) is 0.825. The van der Waals surface area contributed by atoms with Crippen molar-refractivity contribution in [3.05, 3.63) is 35.9 Å². The van der Waals surface area contributed by atoms with E-state index in [1.165, 1.54) is 0 Å². The van der Waals surface area contributed by atoms with Gasteiger partial charge in [0.05, 0.1) is 0 Å². The van der Waals surface area contributed by atoms with Crippen molar-refractivity contribution in [1.29, 1.82) is 0 Å². The van der Waals surface area contributed by atoms with Gasteiger partial charge in [-0.25, -0.2) is 4.36 Å². The maximum Gasteiger partial charge on any atom is 0.137 e. The van der Waals surface area contributed by atoms with Crippen molar-refractivity contribution >= 4 is 26.7 Å². The maximum absolute atomic E-state index is 11.7. The van der Waals surface area contributed by atoms with Gasteiger partial charge < -0.3 is 4.90 Å². The molecule has 0 saturated carbocycles. The molecule has 0 aliphatic carbocycles. The average Bonchev–Trinajstić information content (AvgIpc) is 2.25. The van der Waals surface area contributed by atoms with Crippen molar-refractivity contribution in [1.82, 2.24) is 9.80 Å². The zero-order chi connectivity index (χ0) is 15.1. The molecule has 0 amide bonds. The molecule has 0 radical (unpaired) electrons. The van der Waals surface area contributed by atoms with Crippen molar-refractivity contribution in [2.45, 2.75) is 6.17 Å². The third-order valence-electron chi connectivity index (χ3n) is 1.94. The normalized spacial score (nSPS) is 12.2. The highest BCUT2D eigenvalue weighted by Crippen LogP contribution is 2.20. The minimum Gasteiger partial charge on any atom is -0.312 e. The second kappa shape index (κ2) is 10.3. The van der Waals surface area contributed by atoms with Gasteiger partial charge in [0.25, 0.3) is 0 Å². The Balaban J connectivity index is 0. The fraction of sp³-hybridized carbons (Fsp3) is 0.571. The summed E-state index contributed by atoms with van der Waals surface area (Å²) in [6.07, 6.45) is 3.19. The van der Waals surface area contributed by atoms with Crippen LogP contribution in [0.3, 0.4) is 0 Å². The fourth-order valence-electron chi connectivity index (χ4n) is 1.32. The van der Waals surface area contributed by atoms with Crippen LogP contribution in [0.1, 0.15) is 11.7 Å². The summed E-state index contributed by atoms with van der Waals surface area (Å²) in [6.45, 7) is 0. The van der Waals surface area contributed by atoms with Crippen LogP contribution in [-0.2, 0) is 9.73 Å². The molecule has 6 heteroatoms. The Kier molecular flexibility index (Phi) is 11.3. The Bertz CT molecular complexity index is 458. The van der Waals surface area contributed by atoms with E-state index in [2.05, 4.69) is 4.36 Å². The van der Waals surface area contributed by atoms with Crippen LogP contribution in [0, 0.1) is 0 Å². The first-order chi connectivity index (χ1) is 8.63. The van der Waals surface area contributed by atoms with Crippen LogP contribution in [0.15, 0.2) is 34.7 Å². The summed E-state index contributed by atoms with van der Waals surface area (Å²) in [4.78, 5) is 3.96. The van der Waals surface area contributed by atoms with Crippen molar-refractivity contribution in [3.8, 4) is 0 Å². The molecule has 0 aliphatic heterocycles. The second-order valence-electron chi connectivity index (χ2n) is 5.38. The second-order valence-corrected chi connectivity index (χ2v) is 7.95. The van der Waals surface area contributed by atoms with Gasteiger partial charge in [-0.15, -0.1) is 17.0 Å². The third kappa shape index (κ3) is 11.4. The first-order valence-electron chi connectivity index (χ1n) is 6.12. The van der Waals surface area contributed by atoms with Crippen molar-refractivity contribution in [3.63, 3.8) is 0 Å². The number of rotatable bonds is 3. The molecule has 0 bridgehead atoms. The van der Waals surface area contributed by atoms with E-state index < -0.39 is 9.73 Å². The summed E-state index contributed by atoms with van der Waals surface area (Å²) in [5.41, 5.74) is 1.07. The summed E-state index contributed by atoms with van der Waals surface area (Å²) >= 11 is 0. The molecule has 1 aromatic carbocycles. The lowest BCUT2D eigenvalue weighted by atomic mass is 10.2. The van der Waals surface area contributed by atoms with Gasteiger partial charge in [-0.3, -0.25) is 9.11 Å². The van der Waals surface area contributed by atoms with E-state index in [0.29, 0.717) is 0 Å². The van der Waals surface area contributed by atoms with E-state index in [-0.39, 0.29) is 23.1 Å². The monoisotopic (exact) mass is 365 g/mol. The molecule has 0 spiro atoms. The lowest BCUT2D eigenvalue weighted by Crippen LogP contribution is -2.19. The van der Waals surface area contributed by atoms with Gasteiger partial charge in [-0.05, 0) is 40.8 Å². The summed E-state index contributed by atoms with van der Waals surface area (Å²) in [7, 11) is 7.79. The Morgan fingerprint density at radius 2 is 1.40 bits per heavy atom. The number of nitrogens with zero attached hydrogens (tertiary/aromatic N) is 3.